The van der Waals surface area contributed by atoms with Crippen LogP contribution >= 0.6 is 27.5 Å². The number of pyridine rings is 1. The molecule has 2 aliphatic heterocycles. The Bertz CT molecular complexity index is 814. The predicted molar refractivity (Wildman–Crippen MR) is 101 cm³/mol. The van der Waals surface area contributed by atoms with Crippen LogP contribution in [0.25, 0.3) is 0 Å². The molecule has 0 bridgehead atoms. The summed E-state index contributed by atoms with van der Waals surface area (Å²) in [7, 11) is 0. The summed E-state index contributed by atoms with van der Waals surface area (Å²) in [6, 6.07) is 7.65. The summed E-state index contributed by atoms with van der Waals surface area (Å²) in [6.45, 7) is 2.31. The van der Waals surface area contributed by atoms with Crippen LogP contribution in [0.3, 0.4) is 0 Å². The smallest absolute Gasteiger partial charge is 0.184 e. The lowest BCUT2D eigenvalue weighted by molar-refractivity contribution is -0.183. The summed E-state index contributed by atoms with van der Waals surface area (Å²) >= 11 is 9.28. The molecule has 0 spiro atoms. The van der Waals surface area contributed by atoms with Crippen molar-refractivity contribution < 1.29 is 18.9 Å². The molecule has 0 amide bonds. The largest absolute Gasteiger partial charge is 0.493 e. The third kappa shape index (κ3) is 3.49. The quantitative estimate of drug-likeness (QED) is 0.721. The van der Waals surface area contributed by atoms with E-state index in [1.54, 1.807) is 6.07 Å². The van der Waals surface area contributed by atoms with E-state index in [1.165, 1.54) is 0 Å². The van der Waals surface area contributed by atoms with Crippen molar-refractivity contribution in [3.8, 4) is 11.5 Å². The standard InChI is InChI=1S/C18H18BrClN2O4/c19-12-7-14(17(21)22-16(12)20)26-9-10-8-25-13-4-1-3-11(15(10)13)18-23-5-2-6-24-18/h1,3-4,7,10,18H,2,5-6,8-9H2,(H2,21,22)/t10-/m1/s1. The summed E-state index contributed by atoms with van der Waals surface area (Å²) < 4.78 is 23.9. The van der Waals surface area contributed by atoms with Crippen LogP contribution in [0.2, 0.25) is 5.15 Å². The Morgan fingerprint density at radius 3 is 2.92 bits per heavy atom. The number of nitrogens with two attached hydrogens (primary N) is 1. The van der Waals surface area contributed by atoms with Gasteiger partial charge < -0.3 is 24.7 Å². The van der Waals surface area contributed by atoms with Gasteiger partial charge in [-0.1, -0.05) is 23.7 Å². The minimum Gasteiger partial charge on any atom is -0.493 e. The number of hydrogen-bond acceptors (Lipinski definition) is 6. The van der Waals surface area contributed by atoms with E-state index >= 15 is 0 Å². The molecule has 8 heteroatoms. The van der Waals surface area contributed by atoms with E-state index in [0.717, 1.165) is 23.3 Å². The Hall–Kier alpha value is -1.54. The second-order valence-corrected chi connectivity index (χ2v) is 7.36. The van der Waals surface area contributed by atoms with Crippen LogP contribution in [0.5, 0.6) is 11.5 Å². The number of nitrogen functional groups attached to an aromatic ring is 1. The molecule has 26 heavy (non-hydrogen) atoms. The van der Waals surface area contributed by atoms with Crippen molar-refractivity contribution in [3.63, 3.8) is 0 Å². The number of anilines is 1. The maximum atomic E-state index is 5.95. The number of benzene rings is 1. The Balaban J connectivity index is 1.55. The first kappa shape index (κ1) is 17.9. The maximum absolute atomic E-state index is 5.95. The summed E-state index contributed by atoms with van der Waals surface area (Å²) in [5.74, 6) is 1.63. The van der Waals surface area contributed by atoms with Crippen molar-refractivity contribution in [1.29, 1.82) is 0 Å². The molecular formula is C18H18BrClN2O4. The van der Waals surface area contributed by atoms with Crippen molar-refractivity contribution in [3.05, 3.63) is 45.0 Å². The highest BCUT2D eigenvalue weighted by Gasteiger charge is 2.32. The Labute approximate surface area is 164 Å². The fourth-order valence-corrected chi connectivity index (χ4v) is 3.61. The highest BCUT2D eigenvalue weighted by molar-refractivity contribution is 9.10. The SMILES string of the molecule is Nc1nc(Cl)c(Br)cc1OC[C@H]1COc2cccc(C3OCCCO3)c21. The van der Waals surface area contributed by atoms with E-state index in [1.807, 2.05) is 18.2 Å². The normalized spacial score (nSPS) is 19.8. The molecule has 6 nitrogen and oxygen atoms in total. The van der Waals surface area contributed by atoms with Crippen LogP contribution < -0.4 is 15.2 Å². The van der Waals surface area contributed by atoms with E-state index < -0.39 is 0 Å². The number of rotatable bonds is 4. The number of hydrogen-bond donors (Lipinski definition) is 1. The van der Waals surface area contributed by atoms with Crippen LogP contribution in [-0.4, -0.2) is 31.4 Å². The third-order valence-electron chi connectivity index (χ3n) is 4.40. The zero-order chi connectivity index (χ0) is 18.1. The zero-order valence-electron chi connectivity index (χ0n) is 13.9. The number of ether oxygens (including phenoxy) is 4. The molecule has 138 valence electrons. The third-order valence-corrected chi connectivity index (χ3v) is 5.52. The second-order valence-electron chi connectivity index (χ2n) is 6.15. The molecule has 0 radical (unpaired) electrons. The first-order valence-electron chi connectivity index (χ1n) is 8.36. The van der Waals surface area contributed by atoms with E-state index in [0.29, 0.717) is 41.8 Å². The molecule has 3 heterocycles. The van der Waals surface area contributed by atoms with Crippen LogP contribution in [0.4, 0.5) is 5.82 Å². The fraction of sp³-hybridized carbons (Fsp3) is 0.389. The lowest BCUT2D eigenvalue weighted by atomic mass is 9.95. The van der Waals surface area contributed by atoms with Gasteiger partial charge in [-0.2, -0.15) is 0 Å². The first-order chi connectivity index (χ1) is 12.6. The summed E-state index contributed by atoms with van der Waals surface area (Å²) in [4.78, 5) is 4.05. The lowest BCUT2D eigenvalue weighted by Crippen LogP contribution is -2.20. The maximum Gasteiger partial charge on any atom is 0.184 e. The topological polar surface area (TPSA) is 75.8 Å². The lowest BCUT2D eigenvalue weighted by Gasteiger charge is -2.26. The van der Waals surface area contributed by atoms with Gasteiger partial charge in [0.15, 0.2) is 17.9 Å². The number of fused-ring (bicyclic) bond motifs is 1. The van der Waals surface area contributed by atoms with Gasteiger partial charge in [0, 0.05) is 17.2 Å². The zero-order valence-corrected chi connectivity index (χ0v) is 16.3. The molecule has 0 unspecified atom stereocenters. The number of aromatic nitrogens is 1. The van der Waals surface area contributed by atoms with E-state index in [4.69, 9.17) is 36.3 Å². The fourth-order valence-electron chi connectivity index (χ4n) is 3.17. The minimum absolute atomic E-state index is 0.0455. The molecule has 4 rings (SSSR count). The van der Waals surface area contributed by atoms with E-state index in [2.05, 4.69) is 20.9 Å². The molecule has 1 aromatic heterocycles. The van der Waals surface area contributed by atoms with Gasteiger partial charge in [-0.3, -0.25) is 0 Å². The van der Waals surface area contributed by atoms with Crippen molar-refractivity contribution in [2.45, 2.75) is 18.6 Å². The number of halogens is 2. The van der Waals surface area contributed by atoms with Gasteiger partial charge in [-0.25, -0.2) is 4.98 Å². The van der Waals surface area contributed by atoms with E-state index in [-0.39, 0.29) is 18.0 Å². The van der Waals surface area contributed by atoms with Crippen LogP contribution in [0.1, 0.15) is 29.8 Å². The average Bonchev–Trinajstić information content (AvgIpc) is 3.07. The molecular weight excluding hydrogens is 424 g/mol. The highest BCUT2D eigenvalue weighted by Crippen LogP contribution is 2.41. The van der Waals surface area contributed by atoms with Gasteiger partial charge in [0.25, 0.3) is 0 Å². The minimum atomic E-state index is -0.362. The summed E-state index contributed by atoms with van der Waals surface area (Å²) in [6.07, 6.45) is 0.547. The molecule has 1 atom stereocenters. The number of nitrogens with zero attached hydrogens (tertiary/aromatic N) is 1. The van der Waals surface area contributed by atoms with Crippen molar-refractivity contribution in [2.75, 3.05) is 32.2 Å². The Kier molecular flexibility index (Phi) is 5.22. The van der Waals surface area contributed by atoms with Crippen LogP contribution in [0.15, 0.2) is 28.7 Å². The van der Waals surface area contributed by atoms with Gasteiger partial charge in [0.2, 0.25) is 0 Å². The molecule has 1 saturated heterocycles. The first-order valence-corrected chi connectivity index (χ1v) is 9.53. The average molecular weight is 442 g/mol. The van der Waals surface area contributed by atoms with E-state index in [9.17, 15) is 0 Å². The van der Waals surface area contributed by atoms with Gasteiger partial charge in [0.1, 0.15) is 10.9 Å². The van der Waals surface area contributed by atoms with Gasteiger partial charge in [-0.05, 0) is 28.4 Å². The van der Waals surface area contributed by atoms with Crippen molar-refractivity contribution in [2.24, 2.45) is 0 Å². The van der Waals surface area contributed by atoms with Crippen molar-refractivity contribution in [1.82, 2.24) is 4.98 Å². The summed E-state index contributed by atoms with van der Waals surface area (Å²) in [5, 5.41) is 0.304. The van der Waals surface area contributed by atoms with Crippen molar-refractivity contribution >= 4 is 33.3 Å². The second kappa shape index (κ2) is 7.60. The predicted octanol–water partition coefficient (Wildman–Crippen LogP) is 4.07. The van der Waals surface area contributed by atoms with Crippen LogP contribution in [0, 0.1) is 0 Å². The van der Waals surface area contributed by atoms with Gasteiger partial charge in [0.05, 0.1) is 36.8 Å². The molecule has 2 aromatic rings. The molecule has 1 aromatic carbocycles. The Morgan fingerprint density at radius 2 is 2.12 bits per heavy atom. The van der Waals surface area contributed by atoms with Crippen LogP contribution in [-0.2, 0) is 9.47 Å². The molecule has 0 aliphatic carbocycles. The summed E-state index contributed by atoms with van der Waals surface area (Å²) in [5.41, 5.74) is 7.97. The monoisotopic (exact) mass is 440 g/mol. The highest BCUT2D eigenvalue weighted by atomic mass is 79.9. The Morgan fingerprint density at radius 1 is 1.31 bits per heavy atom. The van der Waals surface area contributed by atoms with Gasteiger partial charge in [-0.15, -0.1) is 0 Å². The molecule has 2 aliphatic rings. The van der Waals surface area contributed by atoms with Gasteiger partial charge >= 0.3 is 0 Å². The molecule has 2 N–H and O–H groups in total. The molecule has 0 saturated carbocycles. The molecule has 1 fully saturated rings.